The molecule has 0 aromatic heterocycles. The first-order chi connectivity index (χ1) is 8.20. The first-order valence-corrected chi connectivity index (χ1v) is 5.66. The van der Waals surface area contributed by atoms with Crippen molar-refractivity contribution in [2.45, 2.75) is 13.3 Å². The number of nitrogen functional groups attached to an aromatic ring is 1. The molecule has 1 aromatic rings. The zero-order valence-corrected chi connectivity index (χ0v) is 10.4. The predicted molar refractivity (Wildman–Crippen MR) is 69.9 cm³/mol. The number of nitriles is 1. The Morgan fingerprint density at radius 1 is 1.41 bits per heavy atom. The minimum atomic E-state index is 0.498. The Morgan fingerprint density at radius 3 is 2.82 bits per heavy atom. The summed E-state index contributed by atoms with van der Waals surface area (Å²) in [5.74, 6) is 0. The molecule has 17 heavy (non-hydrogen) atoms. The van der Waals surface area contributed by atoms with Crippen LogP contribution in [0.2, 0.25) is 0 Å². The van der Waals surface area contributed by atoms with Gasteiger partial charge in [0.15, 0.2) is 0 Å². The van der Waals surface area contributed by atoms with Crippen molar-refractivity contribution in [3.05, 3.63) is 23.8 Å². The number of rotatable bonds is 6. The number of hydrogen-bond donors (Lipinski definition) is 1. The average molecular weight is 233 g/mol. The fourth-order valence-electron chi connectivity index (χ4n) is 1.72. The van der Waals surface area contributed by atoms with Gasteiger partial charge < -0.3 is 15.4 Å². The molecular weight excluding hydrogens is 214 g/mol. The molecule has 1 rings (SSSR count). The molecule has 0 saturated heterocycles. The Balaban J connectivity index is 2.87. The fourth-order valence-corrected chi connectivity index (χ4v) is 1.72. The van der Waals surface area contributed by atoms with Crippen LogP contribution in [-0.4, -0.2) is 26.8 Å². The molecule has 0 radical (unpaired) electrons. The number of anilines is 2. The zero-order valence-electron chi connectivity index (χ0n) is 10.4. The highest BCUT2D eigenvalue weighted by atomic mass is 16.5. The first kappa shape index (κ1) is 13.3. The number of hydrogen-bond acceptors (Lipinski definition) is 4. The summed E-state index contributed by atoms with van der Waals surface area (Å²) >= 11 is 0. The highest BCUT2D eigenvalue weighted by molar-refractivity contribution is 5.64. The fraction of sp³-hybridized carbons (Fsp3) is 0.462. The minimum Gasteiger partial charge on any atom is -0.398 e. The Labute approximate surface area is 103 Å². The number of nitrogens with zero attached hydrogens (tertiary/aromatic N) is 2. The zero-order chi connectivity index (χ0) is 12.7. The third-order valence-electron chi connectivity index (χ3n) is 2.75. The van der Waals surface area contributed by atoms with E-state index in [9.17, 15) is 0 Å². The third kappa shape index (κ3) is 3.65. The second-order valence-corrected chi connectivity index (χ2v) is 3.88. The molecule has 0 atom stereocenters. The number of benzene rings is 1. The van der Waals surface area contributed by atoms with Crippen molar-refractivity contribution in [2.24, 2.45) is 0 Å². The van der Waals surface area contributed by atoms with Crippen LogP contribution in [-0.2, 0) is 4.74 Å². The summed E-state index contributed by atoms with van der Waals surface area (Å²) in [6.45, 7) is 4.10. The van der Waals surface area contributed by atoms with Crippen molar-refractivity contribution in [2.75, 3.05) is 37.4 Å². The van der Waals surface area contributed by atoms with Crippen molar-refractivity contribution in [3.63, 3.8) is 0 Å². The van der Waals surface area contributed by atoms with Gasteiger partial charge in [0.2, 0.25) is 0 Å². The Kier molecular flexibility index (Phi) is 5.31. The molecule has 0 aliphatic rings. The molecule has 0 saturated carbocycles. The van der Waals surface area contributed by atoms with E-state index in [2.05, 4.69) is 11.0 Å². The van der Waals surface area contributed by atoms with Crippen LogP contribution >= 0.6 is 0 Å². The molecule has 0 amide bonds. The Morgan fingerprint density at radius 2 is 2.18 bits per heavy atom. The van der Waals surface area contributed by atoms with Crippen molar-refractivity contribution in [3.8, 4) is 6.07 Å². The van der Waals surface area contributed by atoms with Gasteiger partial charge in [-0.3, -0.25) is 0 Å². The summed E-state index contributed by atoms with van der Waals surface area (Å²) in [5, 5.41) is 8.68. The van der Waals surface area contributed by atoms with E-state index in [-0.39, 0.29) is 0 Å². The van der Waals surface area contributed by atoms with E-state index < -0.39 is 0 Å². The smallest absolute Gasteiger partial charge is 0.0640 e. The van der Waals surface area contributed by atoms with Crippen molar-refractivity contribution >= 4 is 11.4 Å². The molecule has 4 heteroatoms. The molecule has 0 spiro atoms. The summed E-state index contributed by atoms with van der Waals surface area (Å²) in [6, 6.07) is 8.01. The van der Waals surface area contributed by atoms with E-state index in [1.54, 1.807) is 7.11 Å². The molecule has 92 valence electrons. The molecular formula is C13H19N3O. The quantitative estimate of drug-likeness (QED) is 0.763. The van der Waals surface area contributed by atoms with E-state index in [0.717, 1.165) is 23.5 Å². The Bertz CT molecular complexity index is 398. The van der Waals surface area contributed by atoms with E-state index in [1.165, 1.54) is 0 Å². The van der Waals surface area contributed by atoms with Gasteiger partial charge in [0, 0.05) is 31.6 Å². The van der Waals surface area contributed by atoms with Gasteiger partial charge in [-0.15, -0.1) is 0 Å². The summed E-state index contributed by atoms with van der Waals surface area (Å²) in [5.41, 5.74) is 8.81. The normalized spacial score (nSPS) is 9.94. The molecule has 0 heterocycles. The van der Waals surface area contributed by atoms with Gasteiger partial charge in [-0.25, -0.2) is 0 Å². The lowest BCUT2D eigenvalue weighted by atomic mass is 10.1. The van der Waals surface area contributed by atoms with Crippen LogP contribution in [0.3, 0.4) is 0 Å². The molecule has 0 fully saturated rings. The molecule has 0 aliphatic heterocycles. The predicted octanol–water partition coefficient (Wildman–Crippen LogP) is 1.94. The maximum atomic E-state index is 8.68. The summed E-state index contributed by atoms with van der Waals surface area (Å²) in [6.07, 6.45) is 0.498. The number of ether oxygens (including phenoxy) is 1. The topological polar surface area (TPSA) is 62.3 Å². The monoisotopic (exact) mass is 233 g/mol. The number of methoxy groups -OCH3 is 1. The maximum absolute atomic E-state index is 8.68. The SMILES string of the molecule is COCCN(CCC#N)c1cccc(N)c1C. The summed E-state index contributed by atoms with van der Waals surface area (Å²) in [7, 11) is 1.68. The van der Waals surface area contributed by atoms with Crippen LogP contribution in [0.25, 0.3) is 0 Å². The van der Waals surface area contributed by atoms with Crippen LogP contribution in [0, 0.1) is 18.3 Å². The van der Waals surface area contributed by atoms with Gasteiger partial charge >= 0.3 is 0 Å². The molecule has 1 aromatic carbocycles. The van der Waals surface area contributed by atoms with Crippen LogP contribution in [0.4, 0.5) is 11.4 Å². The van der Waals surface area contributed by atoms with Gasteiger partial charge in [0.05, 0.1) is 19.1 Å². The molecule has 0 unspecified atom stereocenters. The van der Waals surface area contributed by atoms with Gasteiger partial charge in [-0.05, 0) is 24.6 Å². The second-order valence-electron chi connectivity index (χ2n) is 3.88. The average Bonchev–Trinajstić information content (AvgIpc) is 2.34. The van der Waals surface area contributed by atoms with Crippen molar-refractivity contribution < 1.29 is 4.74 Å². The lowest BCUT2D eigenvalue weighted by Crippen LogP contribution is -2.29. The summed E-state index contributed by atoms with van der Waals surface area (Å²) in [4.78, 5) is 2.14. The minimum absolute atomic E-state index is 0.498. The van der Waals surface area contributed by atoms with E-state index >= 15 is 0 Å². The highest BCUT2D eigenvalue weighted by Gasteiger charge is 2.10. The van der Waals surface area contributed by atoms with E-state index in [1.807, 2.05) is 25.1 Å². The molecule has 0 bridgehead atoms. The molecule has 2 N–H and O–H groups in total. The standard InChI is InChI=1S/C13H19N3O/c1-11-12(15)5-3-6-13(11)16(8-4-7-14)9-10-17-2/h3,5-6H,4,8-10,15H2,1-2H3. The van der Waals surface area contributed by atoms with Crippen LogP contribution in [0.1, 0.15) is 12.0 Å². The van der Waals surface area contributed by atoms with Crippen LogP contribution < -0.4 is 10.6 Å². The molecule has 4 nitrogen and oxygen atoms in total. The Hall–Kier alpha value is -1.73. The van der Waals surface area contributed by atoms with E-state index in [0.29, 0.717) is 19.6 Å². The third-order valence-corrected chi connectivity index (χ3v) is 2.75. The second kappa shape index (κ2) is 6.77. The van der Waals surface area contributed by atoms with Crippen molar-refractivity contribution in [1.29, 1.82) is 5.26 Å². The van der Waals surface area contributed by atoms with Gasteiger partial charge in [-0.1, -0.05) is 6.07 Å². The molecule has 0 aliphatic carbocycles. The first-order valence-electron chi connectivity index (χ1n) is 5.66. The number of nitrogens with two attached hydrogens (primary N) is 1. The van der Waals surface area contributed by atoms with E-state index in [4.69, 9.17) is 15.7 Å². The van der Waals surface area contributed by atoms with Crippen LogP contribution in [0.5, 0.6) is 0 Å². The maximum Gasteiger partial charge on any atom is 0.0640 e. The van der Waals surface area contributed by atoms with Gasteiger partial charge in [0.25, 0.3) is 0 Å². The lowest BCUT2D eigenvalue weighted by Gasteiger charge is -2.25. The largest absolute Gasteiger partial charge is 0.398 e. The highest BCUT2D eigenvalue weighted by Crippen LogP contribution is 2.24. The van der Waals surface area contributed by atoms with Gasteiger partial charge in [-0.2, -0.15) is 5.26 Å². The lowest BCUT2D eigenvalue weighted by molar-refractivity contribution is 0.205. The van der Waals surface area contributed by atoms with Crippen molar-refractivity contribution in [1.82, 2.24) is 0 Å². The summed E-state index contributed by atoms with van der Waals surface area (Å²) < 4.78 is 5.09. The van der Waals surface area contributed by atoms with Crippen LogP contribution in [0.15, 0.2) is 18.2 Å². The van der Waals surface area contributed by atoms with Gasteiger partial charge in [0.1, 0.15) is 0 Å².